The van der Waals surface area contributed by atoms with Crippen LogP contribution in [-0.2, 0) is 21.2 Å². The van der Waals surface area contributed by atoms with Crippen LogP contribution in [0.15, 0.2) is 29.4 Å². The predicted octanol–water partition coefficient (Wildman–Crippen LogP) is 0.572. The molecule has 0 atom stereocenters. The molecule has 0 aliphatic carbocycles. The van der Waals surface area contributed by atoms with Crippen molar-refractivity contribution in [3.8, 4) is 0 Å². The fraction of sp³-hybridized carbons (Fsp3) is 0.667. The Morgan fingerprint density at radius 3 is 2.63 bits per heavy atom. The third-order valence-electron chi connectivity index (χ3n) is 4.33. The molecule has 2 heterocycles. The van der Waals surface area contributed by atoms with Crippen molar-refractivity contribution in [3.63, 3.8) is 0 Å². The van der Waals surface area contributed by atoms with Gasteiger partial charge in [-0.1, -0.05) is 6.07 Å². The lowest BCUT2D eigenvalue weighted by Crippen LogP contribution is -2.54. The summed E-state index contributed by atoms with van der Waals surface area (Å²) in [5.74, 6) is 0.827. The second-order valence-corrected chi connectivity index (χ2v) is 8.76. The minimum absolute atomic E-state index is 0.0300. The van der Waals surface area contributed by atoms with Crippen LogP contribution in [0.5, 0.6) is 0 Å². The first-order chi connectivity index (χ1) is 12.9. The number of nitrogens with one attached hydrogen (secondary N) is 1. The third kappa shape index (κ3) is 7.08. The zero-order chi connectivity index (χ0) is 19.7. The van der Waals surface area contributed by atoms with Gasteiger partial charge >= 0.3 is 0 Å². The Labute approximate surface area is 162 Å². The highest BCUT2D eigenvalue weighted by Crippen LogP contribution is 2.09. The van der Waals surface area contributed by atoms with E-state index in [0.717, 1.165) is 24.6 Å². The van der Waals surface area contributed by atoms with Gasteiger partial charge in [-0.25, -0.2) is 8.42 Å². The molecule has 1 aromatic heterocycles. The standard InChI is InChI=1S/C18H31N5O3S/c1-16(2)26-14-15-27(24,25)23-12-10-22(11-13-23)18(19-3)21-9-7-17-6-4-5-8-20-17/h4-6,8,16H,7,9-15H2,1-3H3,(H,19,21). The molecule has 0 amide bonds. The number of aliphatic imine (C=N–C) groups is 1. The van der Waals surface area contributed by atoms with Gasteiger partial charge < -0.3 is 15.0 Å². The van der Waals surface area contributed by atoms with E-state index in [1.54, 1.807) is 17.5 Å². The highest BCUT2D eigenvalue weighted by Gasteiger charge is 2.27. The predicted molar refractivity (Wildman–Crippen MR) is 107 cm³/mol. The van der Waals surface area contributed by atoms with E-state index in [1.807, 2.05) is 32.0 Å². The Hall–Kier alpha value is -1.71. The van der Waals surface area contributed by atoms with E-state index in [0.29, 0.717) is 26.2 Å². The summed E-state index contributed by atoms with van der Waals surface area (Å²) in [7, 11) is -1.53. The molecule has 2 rings (SSSR count). The maximum atomic E-state index is 12.4. The minimum Gasteiger partial charge on any atom is -0.378 e. The number of hydrogen-bond acceptors (Lipinski definition) is 5. The second kappa shape index (κ2) is 10.6. The summed E-state index contributed by atoms with van der Waals surface area (Å²) in [6.45, 7) is 6.93. The molecule has 0 aromatic carbocycles. The number of ether oxygens (including phenoxy) is 1. The van der Waals surface area contributed by atoms with Gasteiger partial charge in [0.2, 0.25) is 10.0 Å². The Bertz CT molecular complexity index is 686. The average Bonchev–Trinajstić information content (AvgIpc) is 2.66. The normalized spacial score (nSPS) is 16.7. The Balaban J connectivity index is 1.77. The summed E-state index contributed by atoms with van der Waals surface area (Å²) in [4.78, 5) is 10.7. The van der Waals surface area contributed by atoms with Gasteiger partial charge in [-0.15, -0.1) is 0 Å². The van der Waals surface area contributed by atoms with Crippen LogP contribution in [0.25, 0.3) is 0 Å². The van der Waals surface area contributed by atoms with E-state index in [2.05, 4.69) is 20.2 Å². The zero-order valence-corrected chi connectivity index (χ0v) is 17.3. The van der Waals surface area contributed by atoms with Crippen LogP contribution in [0, 0.1) is 0 Å². The maximum absolute atomic E-state index is 12.4. The van der Waals surface area contributed by atoms with Crippen LogP contribution in [-0.4, -0.2) is 86.8 Å². The van der Waals surface area contributed by atoms with Crippen LogP contribution < -0.4 is 5.32 Å². The van der Waals surface area contributed by atoms with Crippen LogP contribution in [0.4, 0.5) is 0 Å². The van der Waals surface area contributed by atoms with Gasteiger partial charge in [-0.3, -0.25) is 9.98 Å². The molecule has 1 N–H and O–H groups in total. The van der Waals surface area contributed by atoms with Crippen molar-refractivity contribution in [2.75, 3.05) is 52.1 Å². The fourth-order valence-corrected chi connectivity index (χ4v) is 4.16. The van der Waals surface area contributed by atoms with Crippen LogP contribution >= 0.6 is 0 Å². The molecule has 1 fully saturated rings. The van der Waals surface area contributed by atoms with E-state index in [1.165, 1.54) is 0 Å². The fourth-order valence-electron chi connectivity index (χ4n) is 2.88. The van der Waals surface area contributed by atoms with Crippen LogP contribution in [0.1, 0.15) is 19.5 Å². The molecule has 1 aliphatic heterocycles. The van der Waals surface area contributed by atoms with Crippen molar-refractivity contribution in [3.05, 3.63) is 30.1 Å². The number of piperazine rings is 1. The van der Waals surface area contributed by atoms with Crippen molar-refractivity contribution in [1.29, 1.82) is 0 Å². The van der Waals surface area contributed by atoms with E-state index < -0.39 is 10.0 Å². The molecule has 152 valence electrons. The smallest absolute Gasteiger partial charge is 0.216 e. The lowest BCUT2D eigenvalue weighted by Gasteiger charge is -2.35. The summed E-state index contributed by atoms with van der Waals surface area (Å²) < 4.78 is 31.8. The van der Waals surface area contributed by atoms with Crippen LogP contribution in [0.3, 0.4) is 0 Å². The number of guanidine groups is 1. The van der Waals surface area contributed by atoms with E-state index in [4.69, 9.17) is 4.74 Å². The van der Waals surface area contributed by atoms with Crippen molar-refractivity contribution in [2.45, 2.75) is 26.4 Å². The summed E-state index contributed by atoms with van der Waals surface area (Å²) in [6, 6.07) is 5.87. The largest absolute Gasteiger partial charge is 0.378 e. The first kappa shape index (κ1) is 21.6. The van der Waals surface area contributed by atoms with Crippen LogP contribution in [0.2, 0.25) is 0 Å². The lowest BCUT2D eigenvalue weighted by atomic mass is 10.3. The minimum atomic E-state index is -3.27. The quantitative estimate of drug-likeness (QED) is 0.510. The molecule has 0 bridgehead atoms. The van der Waals surface area contributed by atoms with Gasteiger partial charge in [-0.05, 0) is 26.0 Å². The molecule has 0 radical (unpaired) electrons. The molecular formula is C18H31N5O3S. The molecule has 8 nitrogen and oxygen atoms in total. The van der Waals surface area contributed by atoms with Gasteiger partial charge in [0, 0.05) is 58.1 Å². The summed E-state index contributed by atoms with van der Waals surface area (Å²) in [5.41, 5.74) is 1.03. The first-order valence-corrected chi connectivity index (χ1v) is 11.0. The van der Waals surface area contributed by atoms with Gasteiger partial charge in [0.25, 0.3) is 0 Å². The van der Waals surface area contributed by atoms with Crippen molar-refractivity contribution >= 4 is 16.0 Å². The topological polar surface area (TPSA) is 87.1 Å². The number of sulfonamides is 1. The number of rotatable bonds is 8. The van der Waals surface area contributed by atoms with Gasteiger partial charge in [0.05, 0.1) is 18.5 Å². The number of pyridine rings is 1. The summed E-state index contributed by atoms with van der Waals surface area (Å²) in [5, 5.41) is 3.34. The number of hydrogen-bond donors (Lipinski definition) is 1. The number of aromatic nitrogens is 1. The molecular weight excluding hydrogens is 366 g/mol. The SMILES string of the molecule is CN=C(NCCc1ccccn1)N1CCN(S(=O)(=O)CCOC(C)C)CC1. The number of nitrogens with zero attached hydrogens (tertiary/aromatic N) is 4. The molecule has 0 saturated carbocycles. The average molecular weight is 398 g/mol. The van der Waals surface area contributed by atoms with Crippen molar-refractivity contribution in [2.24, 2.45) is 4.99 Å². The van der Waals surface area contributed by atoms with Gasteiger partial charge in [0.15, 0.2) is 5.96 Å². The molecule has 1 saturated heterocycles. The monoisotopic (exact) mass is 397 g/mol. The van der Waals surface area contributed by atoms with E-state index >= 15 is 0 Å². The molecule has 0 unspecified atom stereocenters. The molecule has 9 heteroatoms. The molecule has 1 aromatic rings. The van der Waals surface area contributed by atoms with Crippen molar-refractivity contribution < 1.29 is 13.2 Å². The van der Waals surface area contributed by atoms with Gasteiger partial charge in [0.1, 0.15) is 0 Å². The highest BCUT2D eigenvalue weighted by atomic mass is 32.2. The highest BCUT2D eigenvalue weighted by molar-refractivity contribution is 7.89. The second-order valence-electron chi connectivity index (χ2n) is 6.67. The summed E-state index contributed by atoms with van der Waals surface area (Å²) in [6.07, 6.45) is 2.64. The molecule has 0 spiro atoms. The molecule has 1 aliphatic rings. The van der Waals surface area contributed by atoms with E-state index in [9.17, 15) is 8.42 Å². The Kier molecular flexibility index (Phi) is 8.46. The summed E-state index contributed by atoms with van der Waals surface area (Å²) >= 11 is 0. The first-order valence-electron chi connectivity index (χ1n) is 9.37. The van der Waals surface area contributed by atoms with Crippen molar-refractivity contribution in [1.82, 2.24) is 19.5 Å². The Morgan fingerprint density at radius 1 is 1.30 bits per heavy atom. The third-order valence-corrected chi connectivity index (χ3v) is 6.16. The molecule has 27 heavy (non-hydrogen) atoms. The van der Waals surface area contributed by atoms with E-state index in [-0.39, 0.29) is 18.5 Å². The maximum Gasteiger partial charge on any atom is 0.216 e. The van der Waals surface area contributed by atoms with Gasteiger partial charge in [-0.2, -0.15) is 4.31 Å². The zero-order valence-electron chi connectivity index (χ0n) is 16.5. The lowest BCUT2D eigenvalue weighted by molar-refractivity contribution is 0.0904. The Morgan fingerprint density at radius 2 is 2.04 bits per heavy atom.